The average Bonchev–Trinajstić information content (AvgIpc) is 2.28. The number of rotatable bonds is 6. The molecule has 5 heteroatoms. The summed E-state index contributed by atoms with van der Waals surface area (Å²) in [5.41, 5.74) is 6.46. The van der Waals surface area contributed by atoms with Crippen LogP contribution >= 0.6 is 23.8 Å². The standard InChI is InChI=1S/C12H16ClNO2S/c1-8-3-4-10(13)7-11(8)16-6-5-15-9(2)12(14)17/h3-4,7,9H,5-6H2,1-2H3,(H2,14,17). The Bertz CT molecular complexity index is 398. The third kappa shape index (κ3) is 4.89. The van der Waals surface area contributed by atoms with Crippen molar-refractivity contribution >= 4 is 28.8 Å². The van der Waals surface area contributed by atoms with Crippen LogP contribution in [0.15, 0.2) is 18.2 Å². The number of ether oxygens (including phenoxy) is 2. The van der Waals surface area contributed by atoms with E-state index < -0.39 is 0 Å². The Morgan fingerprint density at radius 1 is 1.47 bits per heavy atom. The van der Waals surface area contributed by atoms with Crippen molar-refractivity contribution in [2.24, 2.45) is 5.73 Å². The molecule has 0 fully saturated rings. The van der Waals surface area contributed by atoms with Gasteiger partial charge in [-0.3, -0.25) is 0 Å². The molecule has 0 radical (unpaired) electrons. The third-order valence-electron chi connectivity index (χ3n) is 2.26. The van der Waals surface area contributed by atoms with Gasteiger partial charge < -0.3 is 15.2 Å². The summed E-state index contributed by atoms with van der Waals surface area (Å²) in [6.45, 7) is 4.65. The minimum absolute atomic E-state index is 0.228. The molecular weight excluding hydrogens is 258 g/mol. The maximum Gasteiger partial charge on any atom is 0.123 e. The van der Waals surface area contributed by atoms with Crippen molar-refractivity contribution < 1.29 is 9.47 Å². The van der Waals surface area contributed by atoms with Gasteiger partial charge in [-0.25, -0.2) is 0 Å². The van der Waals surface area contributed by atoms with Gasteiger partial charge in [0.1, 0.15) is 23.4 Å². The summed E-state index contributed by atoms with van der Waals surface area (Å²) in [5.74, 6) is 0.768. The molecule has 3 nitrogen and oxygen atoms in total. The van der Waals surface area contributed by atoms with Gasteiger partial charge >= 0.3 is 0 Å². The van der Waals surface area contributed by atoms with E-state index in [1.807, 2.05) is 26.0 Å². The zero-order chi connectivity index (χ0) is 12.8. The molecule has 0 saturated heterocycles. The molecular formula is C12H16ClNO2S. The van der Waals surface area contributed by atoms with Crippen LogP contribution in [0.2, 0.25) is 5.02 Å². The molecule has 1 rings (SSSR count). The van der Waals surface area contributed by atoms with E-state index in [-0.39, 0.29) is 6.10 Å². The maximum atomic E-state index is 5.88. The average molecular weight is 274 g/mol. The summed E-state index contributed by atoms with van der Waals surface area (Å²) in [6.07, 6.45) is -0.228. The Morgan fingerprint density at radius 2 is 2.18 bits per heavy atom. The first-order valence-corrected chi connectivity index (χ1v) is 6.09. The lowest BCUT2D eigenvalue weighted by molar-refractivity contribution is 0.0808. The second-order valence-corrected chi connectivity index (χ2v) is 4.58. The molecule has 1 unspecified atom stereocenters. The summed E-state index contributed by atoms with van der Waals surface area (Å²) >= 11 is 10.7. The van der Waals surface area contributed by atoms with Crippen LogP contribution in [0.1, 0.15) is 12.5 Å². The van der Waals surface area contributed by atoms with Gasteiger partial charge in [0.2, 0.25) is 0 Å². The lowest BCUT2D eigenvalue weighted by atomic mass is 10.2. The van der Waals surface area contributed by atoms with Gasteiger partial charge in [-0.1, -0.05) is 29.9 Å². The molecule has 2 N–H and O–H groups in total. The minimum Gasteiger partial charge on any atom is -0.491 e. The van der Waals surface area contributed by atoms with Gasteiger partial charge in [0.05, 0.1) is 6.61 Å². The minimum atomic E-state index is -0.228. The maximum absolute atomic E-state index is 5.88. The molecule has 1 aromatic carbocycles. The van der Waals surface area contributed by atoms with Gasteiger partial charge in [0.15, 0.2) is 0 Å². The van der Waals surface area contributed by atoms with Gasteiger partial charge in [-0.15, -0.1) is 0 Å². The lowest BCUT2D eigenvalue weighted by Gasteiger charge is -2.13. The van der Waals surface area contributed by atoms with Crippen molar-refractivity contribution in [2.75, 3.05) is 13.2 Å². The van der Waals surface area contributed by atoms with E-state index in [0.717, 1.165) is 11.3 Å². The highest BCUT2D eigenvalue weighted by molar-refractivity contribution is 7.80. The number of benzene rings is 1. The summed E-state index contributed by atoms with van der Waals surface area (Å²) in [7, 11) is 0. The number of hydrogen-bond acceptors (Lipinski definition) is 3. The SMILES string of the molecule is Cc1ccc(Cl)cc1OCCOC(C)C(N)=S. The Kier molecular flexibility index (Phi) is 5.68. The number of thiocarbonyl (C=S) groups is 1. The van der Waals surface area contributed by atoms with Gasteiger partial charge in [0.25, 0.3) is 0 Å². The molecule has 0 amide bonds. The second kappa shape index (κ2) is 6.79. The quantitative estimate of drug-likeness (QED) is 0.639. The van der Waals surface area contributed by atoms with Crippen LogP contribution in [0, 0.1) is 6.92 Å². The summed E-state index contributed by atoms with van der Waals surface area (Å²) in [6, 6.07) is 5.53. The van der Waals surface area contributed by atoms with Crippen LogP contribution in [0.3, 0.4) is 0 Å². The van der Waals surface area contributed by atoms with Crippen LogP contribution in [0.4, 0.5) is 0 Å². The fourth-order valence-electron chi connectivity index (χ4n) is 1.19. The van der Waals surface area contributed by atoms with Crippen LogP contribution < -0.4 is 10.5 Å². The molecule has 17 heavy (non-hydrogen) atoms. The number of aryl methyl sites for hydroxylation is 1. The normalized spacial score (nSPS) is 12.2. The molecule has 0 aliphatic heterocycles. The predicted octanol–water partition coefficient (Wildman–Crippen LogP) is 2.72. The number of hydrogen-bond donors (Lipinski definition) is 1. The highest BCUT2D eigenvalue weighted by atomic mass is 35.5. The van der Waals surface area contributed by atoms with Crippen LogP contribution in [0.5, 0.6) is 5.75 Å². The Hall–Kier alpha value is -0.840. The summed E-state index contributed by atoms with van der Waals surface area (Å²) in [4.78, 5) is 0.351. The van der Waals surface area contributed by atoms with Crippen molar-refractivity contribution in [1.82, 2.24) is 0 Å². The van der Waals surface area contributed by atoms with Crippen molar-refractivity contribution in [3.8, 4) is 5.75 Å². The van der Waals surface area contributed by atoms with Gasteiger partial charge in [-0.05, 0) is 31.5 Å². The van der Waals surface area contributed by atoms with E-state index in [9.17, 15) is 0 Å². The molecule has 0 saturated carbocycles. The highest BCUT2D eigenvalue weighted by Crippen LogP contribution is 2.22. The second-order valence-electron chi connectivity index (χ2n) is 3.67. The summed E-state index contributed by atoms with van der Waals surface area (Å²) < 4.78 is 10.9. The molecule has 0 heterocycles. The van der Waals surface area contributed by atoms with Crippen LogP contribution in [-0.4, -0.2) is 24.3 Å². The zero-order valence-corrected chi connectivity index (χ0v) is 11.5. The first-order chi connectivity index (χ1) is 8.00. The molecule has 0 aliphatic carbocycles. The van der Waals surface area contributed by atoms with E-state index in [1.165, 1.54) is 0 Å². The van der Waals surface area contributed by atoms with Gasteiger partial charge in [0, 0.05) is 5.02 Å². The first-order valence-electron chi connectivity index (χ1n) is 5.30. The summed E-state index contributed by atoms with van der Waals surface area (Å²) in [5, 5.41) is 0.656. The van der Waals surface area contributed by atoms with E-state index in [2.05, 4.69) is 0 Å². The Labute approximate surface area is 112 Å². The fraction of sp³-hybridized carbons (Fsp3) is 0.417. The topological polar surface area (TPSA) is 44.5 Å². The van der Waals surface area contributed by atoms with E-state index in [0.29, 0.717) is 23.2 Å². The van der Waals surface area contributed by atoms with Crippen molar-refractivity contribution in [1.29, 1.82) is 0 Å². The lowest BCUT2D eigenvalue weighted by Crippen LogP contribution is -2.27. The zero-order valence-electron chi connectivity index (χ0n) is 9.90. The molecule has 0 spiro atoms. The molecule has 0 aliphatic rings. The monoisotopic (exact) mass is 273 g/mol. The largest absolute Gasteiger partial charge is 0.491 e. The van der Waals surface area contributed by atoms with Crippen LogP contribution in [0.25, 0.3) is 0 Å². The van der Waals surface area contributed by atoms with Crippen LogP contribution in [-0.2, 0) is 4.74 Å². The van der Waals surface area contributed by atoms with Gasteiger partial charge in [-0.2, -0.15) is 0 Å². The van der Waals surface area contributed by atoms with E-state index in [4.69, 9.17) is 39.0 Å². The van der Waals surface area contributed by atoms with Crippen molar-refractivity contribution in [3.05, 3.63) is 28.8 Å². The molecule has 0 aromatic heterocycles. The predicted molar refractivity (Wildman–Crippen MR) is 73.9 cm³/mol. The van der Waals surface area contributed by atoms with Crippen molar-refractivity contribution in [3.63, 3.8) is 0 Å². The number of nitrogens with two attached hydrogens (primary N) is 1. The van der Waals surface area contributed by atoms with E-state index >= 15 is 0 Å². The fourth-order valence-corrected chi connectivity index (χ4v) is 1.42. The van der Waals surface area contributed by atoms with E-state index in [1.54, 1.807) is 6.07 Å². The highest BCUT2D eigenvalue weighted by Gasteiger charge is 2.05. The molecule has 1 aromatic rings. The first kappa shape index (κ1) is 14.2. The Morgan fingerprint density at radius 3 is 2.82 bits per heavy atom. The molecule has 1 atom stereocenters. The smallest absolute Gasteiger partial charge is 0.123 e. The number of halogens is 1. The molecule has 94 valence electrons. The Balaban J connectivity index is 2.36. The van der Waals surface area contributed by atoms with Crippen molar-refractivity contribution in [2.45, 2.75) is 20.0 Å². The third-order valence-corrected chi connectivity index (χ3v) is 2.83. The molecule has 0 bridgehead atoms.